The summed E-state index contributed by atoms with van der Waals surface area (Å²) in [5, 5.41) is 9.21. The Balaban J connectivity index is 1.98. The zero-order valence-corrected chi connectivity index (χ0v) is 11.9. The largest absolute Gasteiger partial charge is 0.478 e. The summed E-state index contributed by atoms with van der Waals surface area (Å²) in [4.78, 5) is 29.7. The van der Waals surface area contributed by atoms with Crippen LogP contribution in [-0.4, -0.2) is 44.5 Å². The molecule has 21 heavy (non-hydrogen) atoms. The molecule has 0 bridgehead atoms. The van der Waals surface area contributed by atoms with Gasteiger partial charge in [0.15, 0.2) is 0 Å². The summed E-state index contributed by atoms with van der Waals surface area (Å²) in [7, 11) is 0. The van der Waals surface area contributed by atoms with Crippen molar-refractivity contribution in [3.8, 4) is 0 Å². The number of aromatic nitrogens is 2. The number of rotatable bonds is 3. The van der Waals surface area contributed by atoms with Gasteiger partial charge in [0.05, 0.1) is 11.1 Å². The van der Waals surface area contributed by atoms with Gasteiger partial charge in [-0.3, -0.25) is 4.79 Å². The van der Waals surface area contributed by atoms with Crippen molar-refractivity contribution in [3.63, 3.8) is 0 Å². The van der Waals surface area contributed by atoms with Gasteiger partial charge >= 0.3 is 5.97 Å². The molecule has 1 aromatic heterocycles. The Labute approximate surface area is 122 Å². The van der Waals surface area contributed by atoms with Gasteiger partial charge in [0.2, 0.25) is 5.91 Å². The molecule has 0 saturated carbocycles. The van der Waals surface area contributed by atoms with Crippen molar-refractivity contribution in [2.24, 2.45) is 0 Å². The number of aryl methyl sites for hydroxylation is 1. The Morgan fingerprint density at radius 1 is 1.29 bits per heavy atom. The Morgan fingerprint density at radius 2 is 2.00 bits per heavy atom. The van der Waals surface area contributed by atoms with Crippen LogP contribution in [0.3, 0.4) is 0 Å². The minimum Gasteiger partial charge on any atom is -0.478 e. The van der Waals surface area contributed by atoms with Crippen LogP contribution in [0.2, 0.25) is 0 Å². The maximum absolute atomic E-state index is 12.3. The van der Waals surface area contributed by atoms with Gasteiger partial charge in [-0.1, -0.05) is 6.07 Å². The summed E-state index contributed by atoms with van der Waals surface area (Å²) in [6, 6.07) is 5.02. The molecular weight excluding hydrogens is 270 g/mol. The molecule has 1 amide bonds. The minimum atomic E-state index is -1.00. The topological polar surface area (TPSA) is 75.4 Å². The van der Waals surface area contributed by atoms with Gasteiger partial charge in [0.25, 0.3) is 0 Å². The molecule has 1 fully saturated rings. The number of nitrogens with zero attached hydrogens (tertiary/aromatic N) is 3. The van der Waals surface area contributed by atoms with Crippen molar-refractivity contribution < 1.29 is 14.7 Å². The second-order valence-electron chi connectivity index (χ2n) is 5.31. The van der Waals surface area contributed by atoms with Crippen LogP contribution in [-0.2, 0) is 11.3 Å². The molecule has 0 radical (unpaired) electrons. The van der Waals surface area contributed by atoms with Crippen LogP contribution < -0.4 is 0 Å². The molecule has 0 atom stereocenters. The first-order valence-electron chi connectivity index (χ1n) is 7.05. The molecule has 6 heteroatoms. The van der Waals surface area contributed by atoms with E-state index in [1.54, 1.807) is 23.6 Å². The number of hydrogen-bond acceptors (Lipinski definition) is 3. The van der Waals surface area contributed by atoms with E-state index in [1.165, 1.54) is 6.07 Å². The molecule has 1 aliphatic heterocycles. The summed E-state index contributed by atoms with van der Waals surface area (Å²) < 4.78 is 1.79. The second-order valence-corrected chi connectivity index (χ2v) is 5.31. The number of carbonyl (C=O) groups excluding carboxylic acids is 1. The lowest BCUT2D eigenvalue weighted by Gasteiger charge is -2.16. The number of aromatic carboxylic acids is 1. The van der Waals surface area contributed by atoms with E-state index in [2.05, 4.69) is 4.98 Å². The van der Waals surface area contributed by atoms with E-state index >= 15 is 0 Å². The Bertz CT molecular complexity index is 714. The molecular formula is C15H17N3O3. The fourth-order valence-corrected chi connectivity index (χ4v) is 2.84. The van der Waals surface area contributed by atoms with E-state index in [4.69, 9.17) is 0 Å². The van der Waals surface area contributed by atoms with E-state index in [0.29, 0.717) is 16.9 Å². The molecule has 0 spiro atoms. The number of carbonyl (C=O) groups is 2. The predicted molar refractivity (Wildman–Crippen MR) is 77.2 cm³/mol. The van der Waals surface area contributed by atoms with Crippen LogP contribution in [0, 0.1) is 6.92 Å². The summed E-state index contributed by atoms with van der Waals surface area (Å²) in [6.07, 6.45) is 2.11. The van der Waals surface area contributed by atoms with Crippen LogP contribution in [0.5, 0.6) is 0 Å². The standard InChI is InChI=1S/C15H17N3O3/c1-10-16-14-11(15(20)21)5-4-6-12(14)18(10)9-13(19)17-7-2-3-8-17/h4-6H,2-3,7-9H2,1H3,(H,20,21). The second kappa shape index (κ2) is 5.20. The van der Waals surface area contributed by atoms with Crippen molar-refractivity contribution in [2.75, 3.05) is 13.1 Å². The molecule has 1 N–H and O–H groups in total. The quantitative estimate of drug-likeness (QED) is 0.931. The molecule has 110 valence electrons. The summed E-state index contributed by atoms with van der Waals surface area (Å²) in [6.45, 7) is 3.63. The Hall–Kier alpha value is -2.37. The average molecular weight is 287 g/mol. The van der Waals surface area contributed by atoms with E-state index in [1.807, 2.05) is 4.90 Å². The van der Waals surface area contributed by atoms with Gasteiger partial charge in [0, 0.05) is 13.1 Å². The van der Waals surface area contributed by atoms with Crippen LogP contribution in [0.15, 0.2) is 18.2 Å². The zero-order chi connectivity index (χ0) is 15.0. The fraction of sp³-hybridized carbons (Fsp3) is 0.400. The molecule has 1 saturated heterocycles. The highest BCUT2D eigenvalue weighted by Crippen LogP contribution is 2.21. The Morgan fingerprint density at radius 3 is 2.67 bits per heavy atom. The third kappa shape index (κ3) is 2.37. The van der Waals surface area contributed by atoms with E-state index in [9.17, 15) is 14.7 Å². The predicted octanol–water partition coefficient (Wildman–Crippen LogP) is 1.67. The van der Waals surface area contributed by atoms with E-state index < -0.39 is 5.97 Å². The first kappa shape index (κ1) is 13.6. The number of likely N-dealkylation sites (tertiary alicyclic amines) is 1. The number of imidazole rings is 1. The van der Waals surface area contributed by atoms with Crippen molar-refractivity contribution in [3.05, 3.63) is 29.6 Å². The number of amides is 1. The highest BCUT2D eigenvalue weighted by molar-refractivity contribution is 6.01. The fourth-order valence-electron chi connectivity index (χ4n) is 2.84. The summed E-state index contributed by atoms with van der Waals surface area (Å²) >= 11 is 0. The first-order valence-corrected chi connectivity index (χ1v) is 7.05. The monoisotopic (exact) mass is 287 g/mol. The summed E-state index contributed by atoms with van der Waals surface area (Å²) in [5.74, 6) is -0.280. The van der Waals surface area contributed by atoms with Gasteiger partial charge in [-0.2, -0.15) is 0 Å². The molecule has 1 aliphatic rings. The number of fused-ring (bicyclic) bond motifs is 1. The summed E-state index contributed by atoms with van der Waals surface area (Å²) in [5.41, 5.74) is 1.31. The van der Waals surface area contributed by atoms with Crippen LogP contribution in [0.4, 0.5) is 0 Å². The van der Waals surface area contributed by atoms with Gasteiger partial charge in [-0.25, -0.2) is 9.78 Å². The number of benzene rings is 1. The Kier molecular flexibility index (Phi) is 3.37. The number of carboxylic acids is 1. The van der Waals surface area contributed by atoms with Crippen molar-refractivity contribution in [2.45, 2.75) is 26.3 Å². The minimum absolute atomic E-state index is 0.0654. The van der Waals surface area contributed by atoms with E-state index in [-0.39, 0.29) is 18.0 Å². The molecule has 0 unspecified atom stereocenters. The van der Waals surface area contributed by atoms with Crippen LogP contribution >= 0.6 is 0 Å². The van der Waals surface area contributed by atoms with Gasteiger partial charge in [-0.15, -0.1) is 0 Å². The van der Waals surface area contributed by atoms with E-state index in [0.717, 1.165) is 25.9 Å². The van der Waals surface area contributed by atoms with Crippen molar-refractivity contribution >= 4 is 22.9 Å². The maximum Gasteiger partial charge on any atom is 0.337 e. The number of carboxylic acid groups (broad SMARTS) is 1. The molecule has 0 aliphatic carbocycles. The maximum atomic E-state index is 12.3. The van der Waals surface area contributed by atoms with Crippen molar-refractivity contribution in [1.82, 2.24) is 14.5 Å². The molecule has 1 aromatic carbocycles. The zero-order valence-electron chi connectivity index (χ0n) is 11.9. The molecule has 6 nitrogen and oxygen atoms in total. The molecule has 2 heterocycles. The van der Waals surface area contributed by atoms with Gasteiger partial charge < -0.3 is 14.6 Å². The number of para-hydroxylation sites is 1. The third-order valence-electron chi connectivity index (χ3n) is 3.95. The number of hydrogen-bond donors (Lipinski definition) is 1. The van der Waals surface area contributed by atoms with Crippen LogP contribution in [0.1, 0.15) is 29.0 Å². The first-order chi connectivity index (χ1) is 10.1. The van der Waals surface area contributed by atoms with Crippen molar-refractivity contribution in [1.29, 1.82) is 0 Å². The normalized spacial score (nSPS) is 14.8. The van der Waals surface area contributed by atoms with Gasteiger partial charge in [-0.05, 0) is 31.9 Å². The lowest BCUT2D eigenvalue weighted by Crippen LogP contribution is -2.31. The van der Waals surface area contributed by atoms with Crippen LogP contribution in [0.25, 0.3) is 11.0 Å². The lowest BCUT2D eigenvalue weighted by molar-refractivity contribution is -0.130. The highest BCUT2D eigenvalue weighted by atomic mass is 16.4. The molecule has 3 rings (SSSR count). The smallest absolute Gasteiger partial charge is 0.337 e. The molecule has 2 aromatic rings. The SMILES string of the molecule is Cc1nc2c(C(=O)O)cccc2n1CC(=O)N1CCCC1. The highest BCUT2D eigenvalue weighted by Gasteiger charge is 2.21. The lowest BCUT2D eigenvalue weighted by atomic mass is 10.2. The van der Waals surface area contributed by atoms with Gasteiger partial charge in [0.1, 0.15) is 17.9 Å². The average Bonchev–Trinajstić information content (AvgIpc) is 3.07. The third-order valence-corrected chi connectivity index (χ3v) is 3.95.